The van der Waals surface area contributed by atoms with Gasteiger partial charge in [0.25, 0.3) is 0 Å². The summed E-state index contributed by atoms with van der Waals surface area (Å²) >= 11 is 0. The van der Waals surface area contributed by atoms with Gasteiger partial charge in [0.15, 0.2) is 0 Å². The molecule has 1 fully saturated rings. The fourth-order valence-electron chi connectivity index (χ4n) is 2.36. The third-order valence-electron chi connectivity index (χ3n) is 3.45. The molecule has 1 aliphatic heterocycles. The van der Waals surface area contributed by atoms with Crippen LogP contribution in [0.1, 0.15) is 12.8 Å². The van der Waals surface area contributed by atoms with Crippen molar-refractivity contribution in [2.75, 3.05) is 6.54 Å². The van der Waals surface area contributed by atoms with Gasteiger partial charge in [0.05, 0.1) is 5.92 Å². The first-order valence-corrected chi connectivity index (χ1v) is 5.79. The highest BCUT2D eigenvalue weighted by Crippen LogP contribution is 2.35. The van der Waals surface area contributed by atoms with E-state index in [4.69, 9.17) is 5.11 Å². The summed E-state index contributed by atoms with van der Waals surface area (Å²) < 4.78 is 37.3. The third kappa shape index (κ3) is 2.75. The van der Waals surface area contributed by atoms with Crippen molar-refractivity contribution in [1.82, 2.24) is 5.32 Å². The van der Waals surface area contributed by atoms with Crippen molar-refractivity contribution in [3.05, 3.63) is 23.8 Å². The molecule has 18 heavy (non-hydrogen) atoms. The Morgan fingerprint density at radius 1 is 1.44 bits per heavy atom. The molecular formula is C12H14F3NO2. The monoisotopic (exact) mass is 261 g/mol. The van der Waals surface area contributed by atoms with E-state index in [9.17, 15) is 18.0 Å². The molecule has 2 N–H and O–H groups in total. The van der Waals surface area contributed by atoms with Gasteiger partial charge < -0.3 is 10.4 Å². The fraction of sp³-hybridized carbons (Fsp3) is 0.583. The van der Waals surface area contributed by atoms with Gasteiger partial charge in [-0.3, -0.25) is 4.79 Å². The Morgan fingerprint density at radius 3 is 2.61 bits per heavy atom. The van der Waals surface area contributed by atoms with Gasteiger partial charge in [-0.25, -0.2) is 0 Å². The predicted octanol–water partition coefficient (Wildman–Crippen LogP) is 2.11. The highest BCUT2D eigenvalue weighted by molar-refractivity contribution is 5.74. The predicted molar refractivity (Wildman–Crippen MR) is 58.9 cm³/mol. The van der Waals surface area contributed by atoms with E-state index in [1.54, 1.807) is 6.08 Å². The maximum atomic E-state index is 12.4. The number of aliphatic carboxylic acids is 1. The zero-order chi connectivity index (χ0) is 13.3. The first-order chi connectivity index (χ1) is 8.38. The summed E-state index contributed by atoms with van der Waals surface area (Å²) in [5, 5.41) is 11.7. The Labute approximate surface area is 102 Å². The smallest absolute Gasteiger partial charge is 0.395 e. The Morgan fingerprint density at radius 2 is 2.17 bits per heavy atom. The summed E-state index contributed by atoms with van der Waals surface area (Å²) in [7, 11) is 0. The van der Waals surface area contributed by atoms with Crippen LogP contribution in [-0.4, -0.2) is 29.8 Å². The minimum Gasteiger partial charge on any atom is -0.480 e. The molecule has 2 aliphatic rings. The lowest BCUT2D eigenvalue weighted by atomic mass is 9.88. The minimum atomic E-state index is -4.20. The molecule has 1 saturated heterocycles. The molecule has 1 aliphatic carbocycles. The van der Waals surface area contributed by atoms with E-state index in [0.717, 1.165) is 5.57 Å². The van der Waals surface area contributed by atoms with Crippen LogP contribution in [0.3, 0.4) is 0 Å². The number of carboxylic acid groups (broad SMARTS) is 1. The van der Waals surface area contributed by atoms with E-state index in [0.29, 0.717) is 13.0 Å². The van der Waals surface area contributed by atoms with Crippen LogP contribution >= 0.6 is 0 Å². The van der Waals surface area contributed by atoms with Crippen molar-refractivity contribution in [1.29, 1.82) is 0 Å². The molecule has 1 heterocycles. The van der Waals surface area contributed by atoms with Gasteiger partial charge in [-0.2, -0.15) is 13.2 Å². The number of hydrogen-bond donors (Lipinski definition) is 2. The fourth-order valence-corrected chi connectivity index (χ4v) is 2.36. The highest BCUT2D eigenvalue weighted by Gasteiger charge is 2.39. The lowest BCUT2D eigenvalue weighted by Crippen LogP contribution is -2.29. The summed E-state index contributed by atoms with van der Waals surface area (Å²) in [6.45, 7) is 0.504. The molecule has 0 radical (unpaired) electrons. The van der Waals surface area contributed by atoms with Gasteiger partial charge >= 0.3 is 12.1 Å². The van der Waals surface area contributed by atoms with E-state index in [2.05, 4.69) is 5.32 Å². The number of nitrogens with one attached hydrogen (secondary N) is 1. The quantitative estimate of drug-likeness (QED) is 0.800. The summed E-state index contributed by atoms with van der Waals surface area (Å²) in [5.74, 6) is -2.33. The van der Waals surface area contributed by atoms with Gasteiger partial charge in [0.1, 0.15) is 6.04 Å². The SMILES string of the molecule is O=C(O)[C@@H]1CC(C2=CCC(C(F)(F)F)C=C2)CN1. The second-order valence-electron chi connectivity index (χ2n) is 4.68. The van der Waals surface area contributed by atoms with Crippen LogP contribution in [0, 0.1) is 11.8 Å². The number of carbonyl (C=O) groups is 1. The first-order valence-electron chi connectivity index (χ1n) is 5.79. The lowest BCUT2D eigenvalue weighted by Gasteiger charge is -2.21. The number of halogens is 3. The molecule has 3 nitrogen and oxygen atoms in total. The second-order valence-corrected chi connectivity index (χ2v) is 4.68. The van der Waals surface area contributed by atoms with Crippen molar-refractivity contribution >= 4 is 5.97 Å². The zero-order valence-corrected chi connectivity index (χ0v) is 9.57. The molecule has 3 atom stereocenters. The molecule has 0 aromatic rings. The van der Waals surface area contributed by atoms with Crippen LogP contribution in [-0.2, 0) is 4.79 Å². The largest absolute Gasteiger partial charge is 0.480 e. The van der Waals surface area contributed by atoms with Crippen LogP contribution in [0.25, 0.3) is 0 Å². The minimum absolute atomic E-state index is 0.00321. The average Bonchev–Trinajstić information content (AvgIpc) is 2.77. The number of rotatable bonds is 2. The number of hydrogen-bond acceptors (Lipinski definition) is 2. The Balaban J connectivity index is 1.96. The molecule has 2 unspecified atom stereocenters. The summed E-state index contributed by atoms with van der Waals surface area (Å²) in [6, 6.07) is -0.593. The van der Waals surface area contributed by atoms with E-state index >= 15 is 0 Å². The normalized spacial score (nSPS) is 32.4. The van der Waals surface area contributed by atoms with Crippen LogP contribution in [0.4, 0.5) is 13.2 Å². The number of carboxylic acids is 1. The van der Waals surface area contributed by atoms with Gasteiger partial charge in [0, 0.05) is 6.54 Å². The Kier molecular flexibility index (Phi) is 3.47. The lowest BCUT2D eigenvalue weighted by molar-refractivity contribution is -0.160. The number of allylic oxidation sites excluding steroid dienone is 3. The molecule has 0 spiro atoms. The highest BCUT2D eigenvalue weighted by atomic mass is 19.4. The van der Waals surface area contributed by atoms with Crippen molar-refractivity contribution in [3.8, 4) is 0 Å². The molecule has 0 bridgehead atoms. The standard InChI is InChI=1S/C12H14F3NO2/c13-12(14,15)9-3-1-7(2-4-9)8-5-10(11(17)18)16-6-8/h1-3,8-10,16H,4-6H2,(H,17,18)/t8?,9?,10-/m0/s1. The van der Waals surface area contributed by atoms with E-state index in [1.807, 2.05) is 0 Å². The van der Waals surface area contributed by atoms with Crippen LogP contribution in [0.15, 0.2) is 23.8 Å². The average molecular weight is 261 g/mol. The molecule has 0 amide bonds. The molecule has 0 aromatic carbocycles. The summed E-state index contributed by atoms with van der Waals surface area (Å²) in [5.41, 5.74) is 0.812. The molecule has 0 aromatic heterocycles. The van der Waals surface area contributed by atoms with Crippen molar-refractivity contribution in [3.63, 3.8) is 0 Å². The van der Waals surface area contributed by atoms with E-state index in [1.165, 1.54) is 12.2 Å². The van der Waals surface area contributed by atoms with Gasteiger partial charge in [-0.15, -0.1) is 0 Å². The van der Waals surface area contributed by atoms with Crippen LogP contribution in [0.5, 0.6) is 0 Å². The topological polar surface area (TPSA) is 49.3 Å². The zero-order valence-electron chi connectivity index (χ0n) is 9.57. The van der Waals surface area contributed by atoms with Crippen LogP contribution in [0.2, 0.25) is 0 Å². The first kappa shape index (κ1) is 13.1. The number of alkyl halides is 3. The molecule has 6 heteroatoms. The summed E-state index contributed by atoms with van der Waals surface area (Å²) in [4.78, 5) is 10.8. The summed E-state index contributed by atoms with van der Waals surface area (Å²) in [6.07, 6.45) is 0.415. The third-order valence-corrected chi connectivity index (χ3v) is 3.45. The van der Waals surface area contributed by atoms with E-state index in [-0.39, 0.29) is 12.3 Å². The van der Waals surface area contributed by atoms with Crippen molar-refractivity contribution in [2.45, 2.75) is 25.1 Å². The Bertz CT molecular complexity index is 401. The molecule has 2 rings (SSSR count). The maximum Gasteiger partial charge on any atom is 0.395 e. The van der Waals surface area contributed by atoms with Gasteiger partial charge in [0.2, 0.25) is 0 Å². The van der Waals surface area contributed by atoms with Crippen molar-refractivity contribution < 1.29 is 23.1 Å². The molecule has 100 valence electrons. The maximum absolute atomic E-state index is 12.4. The Hall–Kier alpha value is -1.30. The van der Waals surface area contributed by atoms with Gasteiger partial charge in [-0.1, -0.05) is 18.2 Å². The van der Waals surface area contributed by atoms with Crippen LogP contribution < -0.4 is 5.32 Å². The second kappa shape index (κ2) is 4.76. The molecular weight excluding hydrogens is 247 g/mol. The van der Waals surface area contributed by atoms with Crippen molar-refractivity contribution in [2.24, 2.45) is 11.8 Å². The molecule has 0 saturated carbocycles. The van der Waals surface area contributed by atoms with E-state index < -0.39 is 24.1 Å². The van der Waals surface area contributed by atoms with Gasteiger partial charge in [-0.05, 0) is 24.3 Å².